The van der Waals surface area contributed by atoms with Crippen molar-refractivity contribution in [2.24, 2.45) is 0 Å². The second kappa shape index (κ2) is 6.91. The molecule has 0 bridgehead atoms. The first-order chi connectivity index (χ1) is 10.4. The molecule has 1 atom stereocenters. The zero-order valence-electron chi connectivity index (χ0n) is 13.0. The molecule has 1 aromatic carbocycles. The van der Waals surface area contributed by atoms with Gasteiger partial charge in [0.15, 0.2) is 17.4 Å². The molecule has 0 aliphatic carbocycles. The third kappa shape index (κ3) is 3.65. The largest absolute Gasteiger partial charge is 0.491 e. The number of benzene rings is 1. The highest BCUT2D eigenvalue weighted by Crippen LogP contribution is 2.25. The van der Waals surface area contributed by atoms with Gasteiger partial charge in [0.2, 0.25) is 0 Å². The lowest BCUT2D eigenvalue weighted by Gasteiger charge is -2.27. The van der Waals surface area contributed by atoms with E-state index < -0.39 is 17.4 Å². The van der Waals surface area contributed by atoms with Crippen LogP contribution in [0.1, 0.15) is 13.3 Å². The van der Waals surface area contributed by atoms with E-state index in [1.54, 1.807) is 4.90 Å². The summed E-state index contributed by atoms with van der Waals surface area (Å²) in [5.41, 5.74) is 0.0746. The van der Waals surface area contributed by atoms with E-state index >= 15 is 0 Å². The number of hydrogen-bond acceptors (Lipinski definition) is 3. The van der Waals surface area contributed by atoms with Crippen LogP contribution in [0, 0.1) is 11.6 Å². The Bertz CT molecular complexity index is 531. The van der Waals surface area contributed by atoms with Gasteiger partial charge in [-0.3, -0.25) is 0 Å². The van der Waals surface area contributed by atoms with E-state index in [-0.39, 0.29) is 17.8 Å². The van der Waals surface area contributed by atoms with Crippen LogP contribution < -0.4 is 10.1 Å². The lowest BCUT2D eigenvalue weighted by Crippen LogP contribution is -2.42. The third-order valence-corrected chi connectivity index (χ3v) is 3.90. The first-order valence-electron chi connectivity index (χ1n) is 7.21. The molecular weight excluding hydrogens is 292 g/mol. The Morgan fingerprint density at radius 3 is 2.50 bits per heavy atom. The number of urea groups is 1. The lowest BCUT2D eigenvalue weighted by atomic mass is 10.2. The fourth-order valence-electron chi connectivity index (χ4n) is 2.50. The van der Waals surface area contributed by atoms with Crippen LogP contribution in [0.5, 0.6) is 5.75 Å². The molecule has 22 heavy (non-hydrogen) atoms. The van der Waals surface area contributed by atoms with E-state index in [2.05, 4.69) is 15.0 Å². The van der Waals surface area contributed by atoms with Crippen molar-refractivity contribution in [2.75, 3.05) is 39.1 Å². The van der Waals surface area contributed by atoms with Gasteiger partial charge in [-0.1, -0.05) is 0 Å². The van der Waals surface area contributed by atoms with Gasteiger partial charge in [0, 0.05) is 37.0 Å². The van der Waals surface area contributed by atoms with Gasteiger partial charge in [0.25, 0.3) is 0 Å². The molecule has 1 aliphatic rings. The molecule has 7 heteroatoms. The molecule has 0 spiro atoms. The van der Waals surface area contributed by atoms with E-state index in [1.807, 2.05) is 14.0 Å². The Kier molecular flexibility index (Phi) is 5.18. The molecule has 1 heterocycles. The molecule has 2 rings (SSSR count). The topological polar surface area (TPSA) is 44.8 Å². The first kappa shape index (κ1) is 16.5. The van der Waals surface area contributed by atoms with Crippen molar-refractivity contribution < 1.29 is 18.3 Å². The van der Waals surface area contributed by atoms with Gasteiger partial charge in [-0.25, -0.2) is 13.6 Å². The number of rotatable bonds is 2. The molecule has 1 fully saturated rings. The summed E-state index contributed by atoms with van der Waals surface area (Å²) in [6.45, 7) is 4.22. The Labute approximate surface area is 128 Å². The van der Waals surface area contributed by atoms with Crippen LogP contribution in [0.3, 0.4) is 0 Å². The van der Waals surface area contributed by atoms with Crippen LogP contribution in [0.2, 0.25) is 0 Å². The van der Waals surface area contributed by atoms with E-state index in [4.69, 9.17) is 0 Å². The maximum Gasteiger partial charge on any atom is 0.322 e. The summed E-state index contributed by atoms with van der Waals surface area (Å²) in [4.78, 5) is 16.2. The highest BCUT2D eigenvalue weighted by molar-refractivity contribution is 5.89. The molecule has 0 unspecified atom stereocenters. The maximum atomic E-state index is 13.7. The van der Waals surface area contributed by atoms with E-state index in [9.17, 15) is 13.6 Å². The van der Waals surface area contributed by atoms with Gasteiger partial charge in [-0.05, 0) is 26.9 Å². The monoisotopic (exact) mass is 313 g/mol. The second-order valence-corrected chi connectivity index (χ2v) is 5.54. The number of nitrogens with zero attached hydrogens (tertiary/aromatic N) is 2. The van der Waals surface area contributed by atoms with Crippen molar-refractivity contribution in [2.45, 2.75) is 19.4 Å². The number of ether oxygens (including phenoxy) is 1. The van der Waals surface area contributed by atoms with Gasteiger partial charge in [0.05, 0.1) is 7.11 Å². The van der Waals surface area contributed by atoms with Gasteiger partial charge >= 0.3 is 6.03 Å². The van der Waals surface area contributed by atoms with E-state index in [0.717, 1.165) is 31.6 Å². The summed E-state index contributed by atoms with van der Waals surface area (Å²) in [7, 11) is 3.19. The molecule has 0 radical (unpaired) electrons. The smallest absolute Gasteiger partial charge is 0.322 e. The van der Waals surface area contributed by atoms with Gasteiger partial charge in [-0.2, -0.15) is 0 Å². The van der Waals surface area contributed by atoms with E-state index in [1.165, 1.54) is 7.11 Å². The Morgan fingerprint density at radius 1 is 1.27 bits per heavy atom. The molecule has 5 nitrogen and oxygen atoms in total. The van der Waals surface area contributed by atoms with Crippen LogP contribution in [0.25, 0.3) is 0 Å². The van der Waals surface area contributed by atoms with Crippen molar-refractivity contribution >= 4 is 11.7 Å². The lowest BCUT2D eigenvalue weighted by molar-refractivity contribution is 0.195. The molecule has 122 valence electrons. The van der Waals surface area contributed by atoms with Crippen LogP contribution in [-0.4, -0.2) is 55.7 Å². The summed E-state index contributed by atoms with van der Waals surface area (Å²) in [5.74, 6) is -2.15. The molecule has 0 aromatic heterocycles. The van der Waals surface area contributed by atoms with Gasteiger partial charge < -0.3 is 19.9 Å². The number of likely N-dealkylation sites (N-methyl/N-ethyl adjacent to an activating group) is 1. The van der Waals surface area contributed by atoms with Crippen LogP contribution >= 0.6 is 0 Å². The average Bonchev–Trinajstić information content (AvgIpc) is 2.60. The molecule has 2 amide bonds. The zero-order valence-corrected chi connectivity index (χ0v) is 13.0. The number of methoxy groups -OCH3 is 1. The molecule has 1 saturated heterocycles. The minimum Gasteiger partial charge on any atom is -0.491 e. The number of amides is 2. The molecule has 1 aromatic rings. The Morgan fingerprint density at radius 2 is 1.91 bits per heavy atom. The third-order valence-electron chi connectivity index (χ3n) is 3.90. The van der Waals surface area contributed by atoms with Gasteiger partial charge in [0.1, 0.15) is 0 Å². The van der Waals surface area contributed by atoms with Crippen LogP contribution in [0.4, 0.5) is 19.3 Å². The van der Waals surface area contributed by atoms with Crippen molar-refractivity contribution in [3.05, 3.63) is 23.8 Å². The summed E-state index contributed by atoms with van der Waals surface area (Å²) in [6, 6.07) is 1.81. The van der Waals surface area contributed by atoms with Crippen molar-refractivity contribution in [3.8, 4) is 5.75 Å². The number of hydrogen-bond donors (Lipinski definition) is 1. The Balaban J connectivity index is 2.11. The van der Waals surface area contributed by atoms with E-state index in [0.29, 0.717) is 6.54 Å². The minimum atomic E-state index is -0.846. The maximum absolute atomic E-state index is 13.7. The molecule has 1 aliphatic heterocycles. The summed E-state index contributed by atoms with van der Waals surface area (Å²) in [5, 5.41) is 2.55. The second-order valence-electron chi connectivity index (χ2n) is 5.54. The van der Waals surface area contributed by atoms with Crippen LogP contribution in [0.15, 0.2) is 12.1 Å². The zero-order chi connectivity index (χ0) is 16.3. The fourth-order valence-corrected chi connectivity index (χ4v) is 2.50. The summed E-state index contributed by atoms with van der Waals surface area (Å²) >= 11 is 0. The fraction of sp³-hybridized carbons (Fsp3) is 0.533. The number of carbonyl (C=O) groups excluding carboxylic acids is 1. The normalized spacial score (nSPS) is 19.7. The van der Waals surface area contributed by atoms with Crippen molar-refractivity contribution in [3.63, 3.8) is 0 Å². The number of nitrogens with one attached hydrogen (secondary N) is 1. The highest BCUT2D eigenvalue weighted by atomic mass is 19.1. The predicted octanol–water partition coefficient (Wildman–Crippen LogP) is 2.53. The van der Waals surface area contributed by atoms with Gasteiger partial charge in [-0.15, -0.1) is 0 Å². The summed E-state index contributed by atoms with van der Waals surface area (Å²) < 4.78 is 31.9. The van der Waals surface area contributed by atoms with Crippen LogP contribution in [-0.2, 0) is 0 Å². The quantitative estimate of drug-likeness (QED) is 0.912. The minimum absolute atomic E-state index is 0.0675. The highest BCUT2D eigenvalue weighted by Gasteiger charge is 2.24. The van der Waals surface area contributed by atoms with Crippen molar-refractivity contribution in [1.29, 1.82) is 0 Å². The Hall–Kier alpha value is -1.89. The predicted molar refractivity (Wildman–Crippen MR) is 80.2 cm³/mol. The molecule has 1 N–H and O–H groups in total. The summed E-state index contributed by atoms with van der Waals surface area (Å²) in [6.07, 6.45) is 0.856. The first-order valence-corrected chi connectivity index (χ1v) is 7.21. The molecule has 0 saturated carbocycles. The van der Waals surface area contributed by atoms with Crippen molar-refractivity contribution in [1.82, 2.24) is 9.80 Å². The number of halogens is 2. The standard InChI is InChI=1S/C15H21F2N3O2/c1-10-4-5-19(2)6-7-20(10)15(21)18-11-8-12(16)14(22-3)13(17)9-11/h8-10H,4-7H2,1-3H3,(H,18,21)/t10-/m0/s1. The number of carbonyl (C=O) groups is 1. The average molecular weight is 313 g/mol. The SMILES string of the molecule is COc1c(F)cc(NC(=O)N2CCN(C)CC[C@@H]2C)cc1F. The number of anilines is 1. The molecular formula is C15H21F2N3O2.